The van der Waals surface area contributed by atoms with E-state index in [1.807, 2.05) is 16.8 Å². The van der Waals surface area contributed by atoms with Crippen LogP contribution in [0.4, 0.5) is 0 Å². The molecule has 24 heavy (non-hydrogen) atoms. The Morgan fingerprint density at radius 2 is 1.88 bits per heavy atom. The fourth-order valence-electron chi connectivity index (χ4n) is 3.23. The van der Waals surface area contributed by atoms with E-state index < -0.39 is 0 Å². The Morgan fingerprint density at radius 1 is 1.21 bits per heavy atom. The number of carbonyl (C=O) groups is 1. The number of carbonyl (C=O) groups excluding carboxylic acids is 1. The summed E-state index contributed by atoms with van der Waals surface area (Å²) in [6.45, 7) is 8.57. The topological polar surface area (TPSA) is 47.4 Å². The number of hydrogen-bond donors (Lipinski definition) is 0. The van der Waals surface area contributed by atoms with Crippen molar-refractivity contribution < 1.29 is 9.53 Å². The number of ether oxygens (including phenoxy) is 1. The standard InChI is InChI=1S/C19H25N3O2/c1-19(2,3)17-15-12-21(4)11-10-16(15)22(20-17)14-8-6-13(7-9-14)18(23)24-5/h6-9H,10-12H2,1-5H3. The summed E-state index contributed by atoms with van der Waals surface area (Å²) >= 11 is 0. The van der Waals surface area contributed by atoms with Crippen LogP contribution in [0.5, 0.6) is 0 Å². The van der Waals surface area contributed by atoms with Gasteiger partial charge in [-0.25, -0.2) is 9.48 Å². The molecule has 0 saturated carbocycles. The van der Waals surface area contributed by atoms with Crippen LogP contribution in [0.25, 0.3) is 5.69 Å². The molecule has 0 aliphatic carbocycles. The van der Waals surface area contributed by atoms with Gasteiger partial charge in [0.2, 0.25) is 0 Å². The molecule has 0 unspecified atom stereocenters. The van der Waals surface area contributed by atoms with Gasteiger partial charge in [-0.15, -0.1) is 0 Å². The van der Waals surface area contributed by atoms with E-state index in [-0.39, 0.29) is 11.4 Å². The van der Waals surface area contributed by atoms with E-state index in [0.29, 0.717) is 5.56 Å². The first-order valence-corrected chi connectivity index (χ1v) is 8.30. The third-order valence-corrected chi connectivity index (χ3v) is 4.49. The molecule has 0 atom stereocenters. The van der Waals surface area contributed by atoms with Crippen LogP contribution < -0.4 is 0 Å². The molecule has 0 spiro atoms. The Morgan fingerprint density at radius 3 is 2.46 bits per heavy atom. The summed E-state index contributed by atoms with van der Waals surface area (Å²) in [4.78, 5) is 14.0. The van der Waals surface area contributed by atoms with E-state index in [1.165, 1.54) is 18.4 Å². The second-order valence-corrected chi connectivity index (χ2v) is 7.46. The Kier molecular flexibility index (Phi) is 4.22. The minimum atomic E-state index is -0.318. The lowest BCUT2D eigenvalue weighted by Crippen LogP contribution is -2.28. The van der Waals surface area contributed by atoms with Crippen LogP contribution >= 0.6 is 0 Å². The van der Waals surface area contributed by atoms with Crippen molar-refractivity contribution >= 4 is 5.97 Å². The van der Waals surface area contributed by atoms with Crippen LogP contribution in [-0.4, -0.2) is 41.4 Å². The third-order valence-electron chi connectivity index (χ3n) is 4.49. The summed E-state index contributed by atoms with van der Waals surface area (Å²) < 4.78 is 6.81. The first-order valence-electron chi connectivity index (χ1n) is 8.30. The van der Waals surface area contributed by atoms with Crippen LogP contribution in [0.2, 0.25) is 0 Å². The van der Waals surface area contributed by atoms with Gasteiger partial charge in [0.05, 0.1) is 29.7 Å². The summed E-state index contributed by atoms with van der Waals surface area (Å²) in [6.07, 6.45) is 0.980. The number of esters is 1. The van der Waals surface area contributed by atoms with Crippen LogP contribution in [0.15, 0.2) is 24.3 Å². The lowest BCUT2D eigenvalue weighted by Gasteiger charge is -2.26. The van der Waals surface area contributed by atoms with Gasteiger partial charge in [-0.3, -0.25) is 0 Å². The predicted molar refractivity (Wildman–Crippen MR) is 93.6 cm³/mol. The van der Waals surface area contributed by atoms with E-state index in [4.69, 9.17) is 9.84 Å². The molecule has 1 aromatic heterocycles. The number of methoxy groups -OCH3 is 1. The van der Waals surface area contributed by atoms with Crippen LogP contribution in [0.1, 0.15) is 48.1 Å². The molecular weight excluding hydrogens is 302 g/mol. The molecule has 2 aromatic rings. The van der Waals surface area contributed by atoms with Gasteiger partial charge in [-0.1, -0.05) is 20.8 Å². The van der Waals surface area contributed by atoms with Crippen LogP contribution in [0, 0.1) is 0 Å². The average molecular weight is 327 g/mol. The Bertz CT molecular complexity index is 754. The molecule has 1 aromatic carbocycles. The smallest absolute Gasteiger partial charge is 0.337 e. The minimum absolute atomic E-state index is 0.000525. The van der Waals surface area contributed by atoms with Crippen molar-refractivity contribution in [3.05, 3.63) is 46.8 Å². The van der Waals surface area contributed by atoms with Gasteiger partial charge in [-0.2, -0.15) is 5.10 Å². The summed E-state index contributed by atoms with van der Waals surface area (Å²) in [5.41, 5.74) is 5.31. The highest BCUT2D eigenvalue weighted by Gasteiger charge is 2.29. The quantitative estimate of drug-likeness (QED) is 0.796. The van der Waals surface area contributed by atoms with E-state index >= 15 is 0 Å². The number of nitrogens with zero attached hydrogens (tertiary/aromatic N) is 3. The van der Waals surface area contributed by atoms with Crippen molar-refractivity contribution in [2.45, 2.75) is 39.2 Å². The highest BCUT2D eigenvalue weighted by atomic mass is 16.5. The molecule has 128 valence electrons. The van der Waals surface area contributed by atoms with Crippen molar-refractivity contribution in [1.82, 2.24) is 14.7 Å². The highest BCUT2D eigenvalue weighted by Crippen LogP contribution is 2.32. The molecular formula is C19H25N3O2. The number of rotatable bonds is 2. The van der Waals surface area contributed by atoms with E-state index in [9.17, 15) is 4.79 Å². The first kappa shape index (κ1) is 16.7. The van der Waals surface area contributed by atoms with E-state index in [0.717, 1.165) is 30.9 Å². The second-order valence-electron chi connectivity index (χ2n) is 7.46. The zero-order valence-electron chi connectivity index (χ0n) is 15.1. The van der Waals surface area contributed by atoms with Crippen molar-refractivity contribution in [3.63, 3.8) is 0 Å². The molecule has 2 heterocycles. The van der Waals surface area contributed by atoms with Crippen LogP contribution in [-0.2, 0) is 23.1 Å². The van der Waals surface area contributed by atoms with Crippen molar-refractivity contribution in [3.8, 4) is 5.69 Å². The summed E-state index contributed by atoms with van der Waals surface area (Å²) in [7, 11) is 3.55. The van der Waals surface area contributed by atoms with Gasteiger partial charge in [0.25, 0.3) is 0 Å². The van der Waals surface area contributed by atoms with Gasteiger partial charge < -0.3 is 9.64 Å². The number of benzene rings is 1. The number of likely N-dealkylation sites (N-methyl/N-ethyl adjacent to an activating group) is 1. The molecule has 5 heteroatoms. The van der Waals surface area contributed by atoms with Crippen molar-refractivity contribution in [2.75, 3.05) is 20.7 Å². The Hall–Kier alpha value is -2.14. The molecule has 5 nitrogen and oxygen atoms in total. The first-order chi connectivity index (χ1) is 11.3. The Balaban J connectivity index is 2.07. The van der Waals surface area contributed by atoms with Crippen LogP contribution in [0.3, 0.4) is 0 Å². The Labute approximate surface area is 143 Å². The van der Waals surface area contributed by atoms with Gasteiger partial charge in [0, 0.05) is 30.5 Å². The highest BCUT2D eigenvalue weighted by molar-refractivity contribution is 5.89. The summed E-state index contributed by atoms with van der Waals surface area (Å²) in [5.74, 6) is -0.318. The predicted octanol–water partition coefficient (Wildman–Crippen LogP) is 2.94. The molecule has 0 amide bonds. The number of aromatic nitrogens is 2. The second kappa shape index (κ2) is 6.06. The molecule has 0 bridgehead atoms. The maximum Gasteiger partial charge on any atom is 0.337 e. The molecule has 0 N–H and O–H groups in total. The van der Waals surface area contributed by atoms with Crippen molar-refractivity contribution in [1.29, 1.82) is 0 Å². The van der Waals surface area contributed by atoms with Gasteiger partial charge in [-0.05, 0) is 31.3 Å². The average Bonchev–Trinajstić information content (AvgIpc) is 2.93. The van der Waals surface area contributed by atoms with Crippen molar-refractivity contribution in [2.24, 2.45) is 0 Å². The normalized spacial score (nSPS) is 15.2. The largest absolute Gasteiger partial charge is 0.465 e. The molecule has 1 aliphatic heterocycles. The van der Waals surface area contributed by atoms with Gasteiger partial charge in [0.1, 0.15) is 0 Å². The minimum Gasteiger partial charge on any atom is -0.465 e. The van der Waals surface area contributed by atoms with E-state index in [1.54, 1.807) is 12.1 Å². The molecule has 1 aliphatic rings. The fraction of sp³-hybridized carbons (Fsp3) is 0.474. The maximum atomic E-state index is 11.6. The fourth-order valence-corrected chi connectivity index (χ4v) is 3.23. The maximum absolute atomic E-state index is 11.6. The number of fused-ring (bicyclic) bond motifs is 1. The monoisotopic (exact) mass is 327 g/mol. The molecule has 0 radical (unpaired) electrons. The lowest BCUT2D eigenvalue weighted by atomic mass is 9.87. The SMILES string of the molecule is COC(=O)c1ccc(-n2nc(C(C)(C)C)c3c2CCN(C)C3)cc1. The summed E-state index contributed by atoms with van der Waals surface area (Å²) in [6, 6.07) is 7.45. The van der Waals surface area contributed by atoms with Gasteiger partial charge in [0.15, 0.2) is 0 Å². The lowest BCUT2D eigenvalue weighted by molar-refractivity contribution is 0.0600. The molecule has 0 saturated heterocycles. The zero-order chi connectivity index (χ0) is 17.5. The number of hydrogen-bond acceptors (Lipinski definition) is 4. The molecule has 0 fully saturated rings. The third kappa shape index (κ3) is 2.96. The zero-order valence-corrected chi connectivity index (χ0v) is 15.1. The molecule has 3 rings (SSSR count). The summed E-state index contributed by atoms with van der Waals surface area (Å²) in [5, 5.41) is 4.94. The van der Waals surface area contributed by atoms with Gasteiger partial charge >= 0.3 is 5.97 Å². The van der Waals surface area contributed by atoms with E-state index in [2.05, 4.69) is 32.7 Å².